The van der Waals surface area contributed by atoms with Crippen LogP contribution in [0.4, 0.5) is 0 Å². The van der Waals surface area contributed by atoms with Gasteiger partial charge in [0.2, 0.25) is 0 Å². The zero-order chi connectivity index (χ0) is 31.7. The van der Waals surface area contributed by atoms with E-state index in [-0.39, 0.29) is 23.8 Å². The molecule has 0 aliphatic carbocycles. The number of amides is 1. The van der Waals surface area contributed by atoms with Crippen molar-refractivity contribution in [3.8, 4) is 39.5 Å². The van der Waals surface area contributed by atoms with E-state index in [1.807, 2.05) is 33.2 Å². The minimum atomic E-state index is -1.35. The molecule has 1 amide bonds. The fraction of sp³-hybridized carbons (Fsp3) is 0.324. The third kappa shape index (κ3) is 5.85. The quantitative estimate of drug-likeness (QED) is 0.291. The molecule has 0 N–H and O–H groups in total. The highest BCUT2D eigenvalue weighted by molar-refractivity contribution is 6.02. The standard InChI is InChI=1S/C34H34N4O7/c1-4-43-29-15-23(16-30(44-5-2)31(29)24-19-36-37(3)20-24)32(40)38-12-10-34(11-13-38)17-27(39)25-14-21(7-9-28(25)45-34)22-6-8-26(33(41)42)35-18-22/h6-9,14-16,18-20H,4-5,10-13,17H2,1-3H3,(H,41,42)/p-1. The van der Waals surface area contributed by atoms with Gasteiger partial charge in [0, 0.05) is 62.1 Å². The van der Waals surface area contributed by atoms with E-state index in [2.05, 4.69) is 10.1 Å². The fourth-order valence-corrected chi connectivity index (χ4v) is 6.02. The van der Waals surface area contributed by atoms with Gasteiger partial charge in [0.15, 0.2) is 5.78 Å². The third-order valence-electron chi connectivity index (χ3n) is 8.26. The molecular formula is C34H33N4O7-. The van der Waals surface area contributed by atoms with Gasteiger partial charge < -0.3 is 29.0 Å². The molecule has 11 nitrogen and oxygen atoms in total. The van der Waals surface area contributed by atoms with E-state index in [0.717, 1.165) is 16.7 Å². The number of rotatable bonds is 8. The second kappa shape index (κ2) is 12.1. The molecule has 0 atom stereocenters. The van der Waals surface area contributed by atoms with Gasteiger partial charge in [-0.1, -0.05) is 12.1 Å². The first-order valence-electron chi connectivity index (χ1n) is 15.0. The smallest absolute Gasteiger partial charge is 0.254 e. The summed E-state index contributed by atoms with van der Waals surface area (Å²) in [5.74, 6) is 0.0775. The number of Topliss-reactive ketones (excluding diaryl/α,β-unsaturated/α-hetero) is 1. The summed E-state index contributed by atoms with van der Waals surface area (Å²) >= 11 is 0. The number of carbonyl (C=O) groups is 3. The Balaban J connectivity index is 1.19. The number of benzene rings is 2. The van der Waals surface area contributed by atoms with Crippen molar-refractivity contribution in [2.24, 2.45) is 7.05 Å². The number of hydrogen-bond donors (Lipinski definition) is 0. The third-order valence-corrected chi connectivity index (χ3v) is 8.26. The summed E-state index contributed by atoms with van der Waals surface area (Å²) < 4.78 is 20.1. The second-order valence-electron chi connectivity index (χ2n) is 11.2. The number of fused-ring (bicyclic) bond motifs is 1. The number of hydrogen-bond acceptors (Lipinski definition) is 9. The van der Waals surface area contributed by atoms with Gasteiger partial charge in [-0.05, 0) is 49.7 Å². The number of pyridine rings is 1. The van der Waals surface area contributed by atoms with Gasteiger partial charge in [0.1, 0.15) is 22.8 Å². The molecular weight excluding hydrogens is 576 g/mol. The van der Waals surface area contributed by atoms with Crippen LogP contribution in [0, 0.1) is 0 Å². The first-order valence-corrected chi connectivity index (χ1v) is 15.0. The van der Waals surface area contributed by atoms with Crippen molar-refractivity contribution in [1.82, 2.24) is 19.7 Å². The second-order valence-corrected chi connectivity index (χ2v) is 11.2. The summed E-state index contributed by atoms with van der Waals surface area (Å²) in [6.07, 6.45) is 6.27. The number of carboxylic acids is 1. The molecule has 2 aliphatic rings. The number of ketones is 1. The molecule has 2 aromatic carbocycles. The van der Waals surface area contributed by atoms with Crippen LogP contribution in [0.1, 0.15) is 64.3 Å². The lowest BCUT2D eigenvalue weighted by atomic mass is 9.82. The van der Waals surface area contributed by atoms with Gasteiger partial charge >= 0.3 is 0 Å². The number of likely N-dealkylation sites (tertiary alicyclic amines) is 1. The first kappa shape index (κ1) is 29.9. The summed E-state index contributed by atoms with van der Waals surface area (Å²) in [7, 11) is 1.84. The highest BCUT2D eigenvalue weighted by Gasteiger charge is 2.44. The molecule has 2 aromatic heterocycles. The van der Waals surface area contributed by atoms with Crippen molar-refractivity contribution in [3.05, 3.63) is 77.9 Å². The minimum absolute atomic E-state index is 0.0362. The van der Waals surface area contributed by atoms with Crippen LogP contribution in [0.5, 0.6) is 17.2 Å². The number of carboxylic acid groups (broad SMARTS) is 1. The molecule has 232 valence electrons. The Bertz CT molecular complexity index is 1740. The average Bonchev–Trinajstić information content (AvgIpc) is 3.46. The van der Waals surface area contributed by atoms with Crippen molar-refractivity contribution in [2.75, 3.05) is 26.3 Å². The average molecular weight is 610 g/mol. The summed E-state index contributed by atoms with van der Waals surface area (Å²) in [6.45, 7) is 5.47. The minimum Gasteiger partial charge on any atom is -0.543 e. The Morgan fingerprint density at radius 1 is 0.956 bits per heavy atom. The van der Waals surface area contributed by atoms with E-state index >= 15 is 0 Å². The molecule has 1 spiro atoms. The van der Waals surface area contributed by atoms with Gasteiger partial charge in [0.25, 0.3) is 5.91 Å². The zero-order valence-corrected chi connectivity index (χ0v) is 25.4. The van der Waals surface area contributed by atoms with Crippen molar-refractivity contribution >= 4 is 17.7 Å². The van der Waals surface area contributed by atoms with Crippen molar-refractivity contribution < 1.29 is 33.7 Å². The molecule has 2 aliphatic heterocycles. The molecule has 4 heterocycles. The van der Waals surface area contributed by atoms with Crippen molar-refractivity contribution in [2.45, 2.75) is 38.7 Å². The van der Waals surface area contributed by atoms with Crippen LogP contribution >= 0.6 is 0 Å². The van der Waals surface area contributed by atoms with Crippen LogP contribution < -0.4 is 19.3 Å². The van der Waals surface area contributed by atoms with Crippen LogP contribution in [0.2, 0.25) is 0 Å². The molecule has 1 fully saturated rings. The molecule has 0 radical (unpaired) electrons. The Hall–Kier alpha value is -5.19. The summed E-state index contributed by atoms with van der Waals surface area (Å²) in [5, 5.41) is 15.3. The predicted molar refractivity (Wildman–Crippen MR) is 162 cm³/mol. The predicted octanol–water partition coefficient (Wildman–Crippen LogP) is 3.95. The molecule has 6 rings (SSSR count). The first-order chi connectivity index (χ1) is 21.7. The number of carbonyl (C=O) groups excluding carboxylic acids is 3. The van der Waals surface area contributed by atoms with Crippen LogP contribution in [0.25, 0.3) is 22.3 Å². The number of aromatic carboxylic acids is 1. The largest absolute Gasteiger partial charge is 0.543 e. The lowest BCUT2D eigenvalue weighted by molar-refractivity contribution is -0.255. The molecule has 0 bridgehead atoms. The Labute approximate surface area is 260 Å². The van der Waals surface area contributed by atoms with Gasteiger partial charge in [-0.3, -0.25) is 19.3 Å². The van der Waals surface area contributed by atoms with Gasteiger partial charge in [-0.2, -0.15) is 5.10 Å². The summed E-state index contributed by atoms with van der Waals surface area (Å²) in [4.78, 5) is 43.9. The van der Waals surface area contributed by atoms with Gasteiger partial charge in [0.05, 0.1) is 48.6 Å². The van der Waals surface area contributed by atoms with Crippen LogP contribution in [-0.2, 0) is 7.05 Å². The SMILES string of the molecule is CCOc1cc(C(=O)N2CCC3(CC2)CC(=O)c2cc(-c4ccc(C(=O)[O-])nc4)ccc2O3)cc(OCC)c1-c1cnn(C)c1. The molecule has 1 saturated heterocycles. The number of nitrogens with zero attached hydrogens (tertiary/aromatic N) is 4. The molecule has 0 saturated carbocycles. The van der Waals surface area contributed by atoms with E-state index in [0.29, 0.717) is 73.1 Å². The maximum Gasteiger partial charge on any atom is 0.254 e. The normalized spacial score (nSPS) is 15.4. The van der Waals surface area contributed by atoms with E-state index in [1.165, 1.54) is 12.3 Å². The van der Waals surface area contributed by atoms with E-state index in [9.17, 15) is 19.5 Å². The Morgan fingerprint density at radius 3 is 2.22 bits per heavy atom. The van der Waals surface area contributed by atoms with Crippen LogP contribution in [0.3, 0.4) is 0 Å². The molecule has 45 heavy (non-hydrogen) atoms. The number of aryl methyl sites for hydroxylation is 1. The Kier molecular flexibility index (Phi) is 8.01. The molecule has 0 unspecified atom stereocenters. The van der Waals surface area contributed by atoms with Crippen molar-refractivity contribution in [1.29, 1.82) is 0 Å². The maximum absolute atomic E-state index is 13.8. The topological polar surface area (TPSA) is 136 Å². The summed E-state index contributed by atoms with van der Waals surface area (Å²) in [6, 6.07) is 11.9. The highest BCUT2D eigenvalue weighted by atomic mass is 16.5. The van der Waals surface area contributed by atoms with Crippen LogP contribution in [0.15, 0.2) is 61.1 Å². The zero-order valence-electron chi connectivity index (χ0n) is 25.4. The highest BCUT2D eigenvalue weighted by Crippen LogP contribution is 2.43. The molecule has 11 heteroatoms. The van der Waals surface area contributed by atoms with Crippen LogP contribution in [-0.4, -0.2) is 69.2 Å². The number of piperidine rings is 1. The van der Waals surface area contributed by atoms with E-state index in [1.54, 1.807) is 46.1 Å². The fourth-order valence-electron chi connectivity index (χ4n) is 6.02. The lowest BCUT2D eigenvalue weighted by Crippen LogP contribution is -2.52. The number of aromatic nitrogens is 3. The van der Waals surface area contributed by atoms with Gasteiger partial charge in [-0.25, -0.2) is 0 Å². The monoisotopic (exact) mass is 609 g/mol. The Morgan fingerprint density at radius 2 is 1.64 bits per heavy atom. The van der Waals surface area contributed by atoms with E-state index < -0.39 is 11.6 Å². The summed E-state index contributed by atoms with van der Waals surface area (Å²) in [5.41, 5.74) is 3.07. The van der Waals surface area contributed by atoms with E-state index in [4.69, 9.17) is 14.2 Å². The lowest BCUT2D eigenvalue weighted by Gasteiger charge is -2.44. The maximum atomic E-state index is 13.8. The van der Waals surface area contributed by atoms with Crippen molar-refractivity contribution in [3.63, 3.8) is 0 Å². The molecule has 4 aromatic rings. The van der Waals surface area contributed by atoms with Gasteiger partial charge in [-0.15, -0.1) is 0 Å². The number of ether oxygens (including phenoxy) is 3.